The van der Waals surface area contributed by atoms with Gasteiger partial charge in [0.1, 0.15) is 0 Å². The molecule has 0 aliphatic carbocycles. The number of allylic oxidation sites excluding steroid dienone is 1. The lowest BCUT2D eigenvalue weighted by Crippen LogP contribution is -2.47. The molecule has 0 bridgehead atoms. The summed E-state index contributed by atoms with van der Waals surface area (Å²) in [6.45, 7) is 7.45. The Balaban J connectivity index is 2.87. The van der Waals surface area contributed by atoms with Crippen LogP contribution in [0.3, 0.4) is 0 Å². The fraction of sp³-hybridized carbons (Fsp3) is 0.538. The van der Waals surface area contributed by atoms with E-state index in [1.807, 2.05) is 20.8 Å². The Hall–Kier alpha value is -1.62. The summed E-state index contributed by atoms with van der Waals surface area (Å²) in [7, 11) is 0. The van der Waals surface area contributed by atoms with Crippen molar-refractivity contribution < 1.29 is 14.3 Å². The van der Waals surface area contributed by atoms with E-state index < -0.39 is 0 Å². The second kappa shape index (κ2) is 6.96. The predicted octanol–water partition coefficient (Wildman–Crippen LogP) is 0.830. The molecule has 1 N–H and O–H groups in total. The molecular formula is C13H20N2O3. The molecule has 2 amide bonds. The van der Waals surface area contributed by atoms with E-state index in [1.54, 1.807) is 11.0 Å². The second-order valence-electron chi connectivity index (χ2n) is 4.53. The third-order valence-corrected chi connectivity index (χ3v) is 2.63. The molecule has 0 spiro atoms. The van der Waals surface area contributed by atoms with E-state index in [0.29, 0.717) is 31.7 Å². The maximum Gasteiger partial charge on any atom is 0.255 e. The van der Waals surface area contributed by atoms with Crippen molar-refractivity contribution >= 4 is 12.3 Å². The number of morpholine rings is 1. The molecule has 5 nitrogen and oxygen atoms in total. The molecule has 0 radical (unpaired) electrons. The van der Waals surface area contributed by atoms with Crippen molar-refractivity contribution in [2.75, 3.05) is 19.8 Å². The van der Waals surface area contributed by atoms with Crippen LogP contribution in [-0.2, 0) is 14.3 Å². The maximum atomic E-state index is 12.4. The van der Waals surface area contributed by atoms with Gasteiger partial charge in [-0.15, -0.1) is 0 Å². The van der Waals surface area contributed by atoms with Crippen LogP contribution in [0, 0.1) is 0 Å². The van der Waals surface area contributed by atoms with Crippen LogP contribution in [0.2, 0.25) is 0 Å². The lowest BCUT2D eigenvalue weighted by atomic mass is 10.1. The largest absolute Gasteiger partial charge is 0.377 e. The normalized spacial score (nSPS) is 20.3. The molecule has 1 saturated heterocycles. The van der Waals surface area contributed by atoms with E-state index in [2.05, 4.69) is 5.32 Å². The van der Waals surface area contributed by atoms with Gasteiger partial charge in [0.2, 0.25) is 6.41 Å². The van der Waals surface area contributed by atoms with E-state index in [-0.39, 0.29) is 11.9 Å². The monoisotopic (exact) mass is 252 g/mol. The lowest BCUT2D eigenvalue weighted by molar-refractivity contribution is -0.134. The second-order valence-corrected chi connectivity index (χ2v) is 4.53. The van der Waals surface area contributed by atoms with Crippen LogP contribution < -0.4 is 5.32 Å². The number of nitrogens with one attached hydrogen (secondary N) is 1. The third-order valence-electron chi connectivity index (χ3n) is 2.63. The molecule has 0 saturated carbocycles. The molecule has 1 unspecified atom stereocenters. The van der Waals surface area contributed by atoms with Gasteiger partial charge in [-0.05, 0) is 26.8 Å². The van der Waals surface area contributed by atoms with Crippen LogP contribution in [0.4, 0.5) is 0 Å². The quantitative estimate of drug-likeness (QED) is 0.458. The molecule has 1 heterocycles. The van der Waals surface area contributed by atoms with Gasteiger partial charge in [0.15, 0.2) is 0 Å². The van der Waals surface area contributed by atoms with Gasteiger partial charge in [-0.25, -0.2) is 0 Å². The SMILES string of the molecule is CC(C)=C/C(=C\NC=O)C(=O)N1CCOCC1C. The Kier molecular flexibility index (Phi) is 5.58. The van der Waals surface area contributed by atoms with Crippen LogP contribution >= 0.6 is 0 Å². The molecular weight excluding hydrogens is 232 g/mol. The first-order valence-corrected chi connectivity index (χ1v) is 5.99. The predicted molar refractivity (Wildman–Crippen MR) is 68.7 cm³/mol. The number of carbonyl (C=O) groups is 2. The smallest absolute Gasteiger partial charge is 0.255 e. The number of carbonyl (C=O) groups excluding carboxylic acids is 2. The molecule has 1 aliphatic rings. The van der Waals surface area contributed by atoms with Crippen molar-refractivity contribution in [3.63, 3.8) is 0 Å². The summed E-state index contributed by atoms with van der Waals surface area (Å²) < 4.78 is 5.30. The fourth-order valence-electron chi connectivity index (χ4n) is 1.79. The summed E-state index contributed by atoms with van der Waals surface area (Å²) in [6, 6.07) is 0.0523. The topological polar surface area (TPSA) is 58.6 Å². The maximum absolute atomic E-state index is 12.4. The van der Waals surface area contributed by atoms with Crippen molar-refractivity contribution in [3.05, 3.63) is 23.4 Å². The Morgan fingerprint density at radius 1 is 1.44 bits per heavy atom. The minimum Gasteiger partial charge on any atom is -0.377 e. The summed E-state index contributed by atoms with van der Waals surface area (Å²) >= 11 is 0. The number of hydrogen-bond acceptors (Lipinski definition) is 3. The molecule has 1 atom stereocenters. The Labute approximate surface area is 107 Å². The molecule has 1 rings (SSSR count). The van der Waals surface area contributed by atoms with Gasteiger partial charge in [-0.1, -0.05) is 5.57 Å². The first kappa shape index (κ1) is 14.4. The van der Waals surface area contributed by atoms with Gasteiger partial charge in [0.05, 0.1) is 24.8 Å². The molecule has 18 heavy (non-hydrogen) atoms. The van der Waals surface area contributed by atoms with E-state index in [1.165, 1.54) is 6.20 Å². The minimum atomic E-state index is -0.0821. The first-order valence-electron chi connectivity index (χ1n) is 5.99. The van der Waals surface area contributed by atoms with Crippen molar-refractivity contribution in [2.45, 2.75) is 26.8 Å². The summed E-state index contributed by atoms with van der Waals surface area (Å²) in [5.74, 6) is -0.0821. The van der Waals surface area contributed by atoms with Crippen LogP contribution in [0.15, 0.2) is 23.4 Å². The van der Waals surface area contributed by atoms with Gasteiger partial charge < -0.3 is 15.0 Å². The average molecular weight is 252 g/mol. The molecule has 1 aliphatic heterocycles. The van der Waals surface area contributed by atoms with E-state index in [0.717, 1.165) is 5.57 Å². The van der Waals surface area contributed by atoms with Crippen molar-refractivity contribution in [3.8, 4) is 0 Å². The summed E-state index contributed by atoms with van der Waals surface area (Å²) in [4.78, 5) is 24.5. The highest BCUT2D eigenvalue weighted by Gasteiger charge is 2.25. The molecule has 5 heteroatoms. The summed E-state index contributed by atoms with van der Waals surface area (Å²) in [5, 5.41) is 2.42. The highest BCUT2D eigenvalue weighted by atomic mass is 16.5. The number of ether oxygens (including phenoxy) is 1. The molecule has 0 aromatic carbocycles. The number of amides is 2. The van der Waals surface area contributed by atoms with E-state index in [9.17, 15) is 9.59 Å². The van der Waals surface area contributed by atoms with Gasteiger partial charge >= 0.3 is 0 Å². The van der Waals surface area contributed by atoms with Crippen LogP contribution in [0.25, 0.3) is 0 Å². The van der Waals surface area contributed by atoms with Crippen molar-refractivity contribution in [1.82, 2.24) is 10.2 Å². The average Bonchev–Trinajstić information content (AvgIpc) is 2.34. The Morgan fingerprint density at radius 2 is 2.17 bits per heavy atom. The highest BCUT2D eigenvalue weighted by Crippen LogP contribution is 2.12. The zero-order chi connectivity index (χ0) is 13.5. The summed E-state index contributed by atoms with van der Waals surface area (Å²) in [6.07, 6.45) is 3.75. The lowest BCUT2D eigenvalue weighted by Gasteiger charge is -2.33. The Morgan fingerprint density at radius 3 is 2.72 bits per heavy atom. The molecule has 100 valence electrons. The van der Waals surface area contributed by atoms with Crippen molar-refractivity contribution in [1.29, 1.82) is 0 Å². The number of nitrogens with zero attached hydrogens (tertiary/aromatic N) is 1. The molecule has 0 aromatic rings. The standard InChI is InChI=1S/C13H20N2O3/c1-10(2)6-12(7-14-9-16)13(17)15-4-5-18-8-11(15)3/h6-7,9,11H,4-5,8H2,1-3H3,(H,14,16)/b12-7+. The summed E-state index contributed by atoms with van der Waals surface area (Å²) in [5.41, 5.74) is 1.49. The van der Waals surface area contributed by atoms with Crippen molar-refractivity contribution in [2.24, 2.45) is 0 Å². The van der Waals surface area contributed by atoms with Crippen LogP contribution in [0.5, 0.6) is 0 Å². The van der Waals surface area contributed by atoms with Gasteiger partial charge in [0, 0.05) is 12.7 Å². The highest BCUT2D eigenvalue weighted by molar-refractivity contribution is 5.96. The van der Waals surface area contributed by atoms with Crippen LogP contribution in [0.1, 0.15) is 20.8 Å². The Bertz CT molecular complexity index is 370. The van der Waals surface area contributed by atoms with Gasteiger partial charge in [0.25, 0.3) is 5.91 Å². The number of hydrogen-bond donors (Lipinski definition) is 1. The van der Waals surface area contributed by atoms with Crippen LogP contribution in [-0.4, -0.2) is 43.0 Å². The zero-order valence-corrected chi connectivity index (χ0v) is 11.1. The zero-order valence-electron chi connectivity index (χ0n) is 11.1. The van der Waals surface area contributed by atoms with E-state index in [4.69, 9.17) is 4.74 Å². The first-order chi connectivity index (χ1) is 8.56. The van der Waals surface area contributed by atoms with Gasteiger partial charge in [-0.3, -0.25) is 9.59 Å². The molecule has 0 aromatic heterocycles. The third kappa shape index (κ3) is 4.00. The number of rotatable bonds is 4. The fourth-order valence-corrected chi connectivity index (χ4v) is 1.79. The van der Waals surface area contributed by atoms with Gasteiger partial charge in [-0.2, -0.15) is 0 Å². The minimum absolute atomic E-state index is 0.0523. The molecule has 1 fully saturated rings. The van der Waals surface area contributed by atoms with E-state index >= 15 is 0 Å².